The van der Waals surface area contributed by atoms with E-state index in [0.29, 0.717) is 33.8 Å². The SMILES string of the molecule is CC(=O)c1cccc(OCC(=O)Nc2cccc(N3C(=O)c4ccccc4C3=O)c2)c1. The van der Waals surface area contributed by atoms with E-state index in [4.69, 9.17) is 4.74 Å². The summed E-state index contributed by atoms with van der Waals surface area (Å²) >= 11 is 0. The molecule has 1 aliphatic rings. The number of ketones is 1. The molecule has 0 atom stereocenters. The summed E-state index contributed by atoms with van der Waals surface area (Å²) in [5.41, 5.74) is 1.97. The highest BCUT2D eigenvalue weighted by molar-refractivity contribution is 6.34. The standard InChI is InChI=1S/C24H18N2O5/c1-15(27)16-6-4-9-19(12-16)31-14-22(28)25-17-7-5-8-18(13-17)26-23(29)20-10-2-3-11-21(20)24(26)30/h2-13H,14H2,1H3,(H,25,28). The van der Waals surface area contributed by atoms with Crippen molar-refractivity contribution in [1.29, 1.82) is 0 Å². The molecule has 1 N–H and O–H groups in total. The minimum atomic E-state index is -0.423. The molecular formula is C24H18N2O5. The van der Waals surface area contributed by atoms with Crippen molar-refractivity contribution in [2.24, 2.45) is 0 Å². The fourth-order valence-corrected chi connectivity index (χ4v) is 3.30. The average molecular weight is 414 g/mol. The summed E-state index contributed by atoms with van der Waals surface area (Å²) in [4.78, 5) is 50.1. The van der Waals surface area contributed by atoms with Gasteiger partial charge < -0.3 is 10.1 Å². The van der Waals surface area contributed by atoms with E-state index in [1.54, 1.807) is 72.8 Å². The number of carbonyl (C=O) groups excluding carboxylic acids is 4. The molecule has 7 nitrogen and oxygen atoms in total. The van der Waals surface area contributed by atoms with Gasteiger partial charge in [0, 0.05) is 11.3 Å². The molecule has 1 aliphatic heterocycles. The van der Waals surface area contributed by atoms with Crippen LogP contribution in [0.3, 0.4) is 0 Å². The largest absolute Gasteiger partial charge is 0.484 e. The van der Waals surface area contributed by atoms with E-state index < -0.39 is 17.7 Å². The van der Waals surface area contributed by atoms with Gasteiger partial charge in [0.1, 0.15) is 5.75 Å². The summed E-state index contributed by atoms with van der Waals surface area (Å²) in [6.45, 7) is 1.19. The third kappa shape index (κ3) is 4.06. The Bertz CT molecular complexity index is 1180. The molecule has 31 heavy (non-hydrogen) atoms. The highest BCUT2D eigenvalue weighted by Gasteiger charge is 2.36. The van der Waals surface area contributed by atoms with Gasteiger partial charge in [-0.1, -0.05) is 30.3 Å². The number of fused-ring (bicyclic) bond motifs is 1. The van der Waals surface area contributed by atoms with Crippen molar-refractivity contribution in [3.05, 3.63) is 89.5 Å². The quantitative estimate of drug-likeness (QED) is 0.490. The zero-order valence-corrected chi connectivity index (χ0v) is 16.6. The van der Waals surface area contributed by atoms with Crippen LogP contribution in [0.1, 0.15) is 38.0 Å². The molecule has 0 aliphatic carbocycles. The first kappa shape index (κ1) is 20.0. The predicted molar refractivity (Wildman–Crippen MR) is 115 cm³/mol. The molecule has 0 spiro atoms. The van der Waals surface area contributed by atoms with Gasteiger partial charge in [0.05, 0.1) is 16.8 Å². The number of hydrogen-bond donors (Lipinski definition) is 1. The Morgan fingerprint density at radius 3 is 2.23 bits per heavy atom. The van der Waals surface area contributed by atoms with Gasteiger partial charge in [0.2, 0.25) is 0 Å². The molecule has 0 radical (unpaired) electrons. The zero-order chi connectivity index (χ0) is 22.0. The van der Waals surface area contributed by atoms with Crippen LogP contribution in [-0.4, -0.2) is 30.1 Å². The second-order valence-electron chi connectivity index (χ2n) is 6.96. The molecule has 0 fully saturated rings. The number of nitrogens with zero attached hydrogens (tertiary/aromatic N) is 1. The Labute approximate surface area is 178 Å². The van der Waals surface area contributed by atoms with Crippen molar-refractivity contribution in [2.75, 3.05) is 16.8 Å². The maximum atomic E-state index is 12.6. The predicted octanol–water partition coefficient (Wildman–Crippen LogP) is 3.71. The van der Waals surface area contributed by atoms with Crippen LogP contribution in [0.2, 0.25) is 0 Å². The molecule has 0 bridgehead atoms. The van der Waals surface area contributed by atoms with Crippen LogP contribution in [0, 0.1) is 0 Å². The van der Waals surface area contributed by atoms with Crippen LogP contribution in [0.15, 0.2) is 72.8 Å². The van der Waals surface area contributed by atoms with Crippen molar-refractivity contribution in [3.63, 3.8) is 0 Å². The van der Waals surface area contributed by atoms with Gasteiger partial charge in [-0.2, -0.15) is 0 Å². The Hall–Kier alpha value is -4.26. The van der Waals surface area contributed by atoms with Crippen LogP contribution in [0.4, 0.5) is 11.4 Å². The van der Waals surface area contributed by atoms with Gasteiger partial charge >= 0.3 is 0 Å². The molecule has 1 heterocycles. The lowest BCUT2D eigenvalue weighted by Gasteiger charge is -2.15. The molecule has 3 aromatic carbocycles. The molecule has 4 rings (SSSR count). The van der Waals surface area contributed by atoms with E-state index in [0.717, 1.165) is 4.90 Å². The number of hydrogen-bond acceptors (Lipinski definition) is 5. The number of amides is 3. The normalized spacial score (nSPS) is 12.5. The number of anilines is 2. The zero-order valence-electron chi connectivity index (χ0n) is 16.6. The molecule has 154 valence electrons. The smallest absolute Gasteiger partial charge is 0.266 e. The van der Waals surface area contributed by atoms with E-state index in [1.807, 2.05) is 0 Å². The van der Waals surface area contributed by atoms with Crippen LogP contribution in [0.25, 0.3) is 0 Å². The van der Waals surface area contributed by atoms with Crippen LogP contribution < -0.4 is 15.0 Å². The molecule has 7 heteroatoms. The topological polar surface area (TPSA) is 92.8 Å². The van der Waals surface area contributed by atoms with Gasteiger partial charge in [-0.3, -0.25) is 19.2 Å². The van der Waals surface area contributed by atoms with Crippen LogP contribution in [0.5, 0.6) is 5.75 Å². The minimum absolute atomic E-state index is 0.0973. The number of ether oxygens (including phenoxy) is 1. The Morgan fingerprint density at radius 1 is 0.871 bits per heavy atom. The fourth-order valence-electron chi connectivity index (χ4n) is 3.30. The van der Waals surface area contributed by atoms with Crippen LogP contribution in [-0.2, 0) is 4.79 Å². The minimum Gasteiger partial charge on any atom is -0.484 e. The number of Topliss-reactive ketones (excluding diaryl/α,β-unsaturated/α-hetero) is 1. The Kier molecular flexibility index (Phi) is 5.32. The summed E-state index contributed by atoms with van der Waals surface area (Å²) in [5.74, 6) is -0.925. The van der Waals surface area contributed by atoms with Crippen molar-refractivity contribution in [1.82, 2.24) is 0 Å². The Balaban J connectivity index is 1.44. The van der Waals surface area contributed by atoms with Gasteiger partial charge in [-0.15, -0.1) is 0 Å². The molecule has 0 saturated heterocycles. The monoisotopic (exact) mass is 414 g/mol. The number of imide groups is 1. The maximum absolute atomic E-state index is 12.6. The van der Waals surface area contributed by atoms with E-state index in [1.165, 1.54) is 6.92 Å². The van der Waals surface area contributed by atoms with Crippen LogP contribution >= 0.6 is 0 Å². The highest BCUT2D eigenvalue weighted by atomic mass is 16.5. The lowest BCUT2D eigenvalue weighted by Crippen LogP contribution is -2.29. The first-order valence-electron chi connectivity index (χ1n) is 9.55. The van der Waals surface area contributed by atoms with E-state index in [9.17, 15) is 19.2 Å². The first-order chi connectivity index (χ1) is 14.9. The summed E-state index contributed by atoms with van der Waals surface area (Å²) in [7, 11) is 0. The average Bonchev–Trinajstić information content (AvgIpc) is 3.03. The molecule has 0 aromatic heterocycles. The first-order valence-corrected chi connectivity index (χ1v) is 9.55. The fraction of sp³-hybridized carbons (Fsp3) is 0.0833. The third-order valence-electron chi connectivity index (χ3n) is 4.79. The highest BCUT2D eigenvalue weighted by Crippen LogP contribution is 2.29. The lowest BCUT2D eigenvalue weighted by molar-refractivity contribution is -0.118. The summed E-state index contributed by atoms with van der Waals surface area (Å²) in [6.07, 6.45) is 0. The molecule has 0 unspecified atom stereocenters. The Morgan fingerprint density at radius 2 is 1.55 bits per heavy atom. The van der Waals surface area contributed by atoms with Gasteiger partial charge in [0.25, 0.3) is 17.7 Å². The van der Waals surface area contributed by atoms with Crippen molar-refractivity contribution in [2.45, 2.75) is 6.92 Å². The van der Waals surface area contributed by atoms with Gasteiger partial charge in [0.15, 0.2) is 12.4 Å². The van der Waals surface area contributed by atoms with E-state index in [2.05, 4.69) is 5.32 Å². The van der Waals surface area contributed by atoms with Gasteiger partial charge in [-0.25, -0.2) is 4.90 Å². The van der Waals surface area contributed by atoms with Gasteiger partial charge in [-0.05, 0) is 49.4 Å². The summed E-state index contributed by atoms with van der Waals surface area (Å²) < 4.78 is 5.45. The summed E-state index contributed by atoms with van der Waals surface area (Å²) in [5, 5.41) is 2.68. The third-order valence-corrected chi connectivity index (χ3v) is 4.79. The van der Waals surface area contributed by atoms with E-state index >= 15 is 0 Å². The lowest BCUT2D eigenvalue weighted by atomic mass is 10.1. The molecule has 3 aromatic rings. The maximum Gasteiger partial charge on any atom is 0.266 e. The molecule has 3 amide bonds. The van der Waals surface area contributed by atoms with Crippen molar-refractivity contribution < 1.29 is 23.9 Å². The van der Waals surface area contributed by atoms with E-state index in [-0.39, 0.29) is 12.4 Å². The molecular weight excluding hydrogens is 396 g/mol. The number of rotatable bonds is 6. The second kappa shape index (κ2) is 8.23. The number of nitrogens with one attached hydrogen (secondary N) is 1. The second-order valence-corrected chi connectivity index (χ2v) is 6.96. The number of benzene rings is 3. The van der Waals surface area contributed by atoms with Crippen molar-refractivity contribution >= 4 is 34.9 Å². The summed E-state index contributed by atoms with van der Waals surface area (Å²) in [6, 6.07) is 19.7. The number of carbonyl (C=O) groups is 4. The molecule has 0 saturated carbocycles. The van der Waals surface area contributed by atoms with Crippen molar-refractivity contribution in [3.8, 4) is 5.75 Å².